The van der Waals surface area contributed by atoms with Gasteiger partial charge in [-0.15, -0.1) is 0 Å². The van der Waals surface area contributed by atoms with Gasteiger partial charge in [-0.3, -0.25) is 14.8 Å². The maximum absolute atomic E-state index is 12.0. The molecule has 10 nitrogen and oxygen atoms in total. The fraction of sp³-hybridized carbons (Fsp3) is 0.613. The molecule has 2 heterocycles. The largest absolute Gasteiger partial charge is 0.465 e. The van der Waals surface area contributed by atoms with Crippen LogP contribution in [0.5, 0.6) is 0 Å². The lowest BCUT2D eigenvalue weighted by atomic mass is 10.1. The minimum Gasteiger partial charge on any atom is -0.465 e. The Hall–Kier alpha value is -2.09. The molecule has 0 spiro atoms. The van der Waals surface area contributed by atoms with Crippen molar-refractivity contribution in [2.24, 2.45) is 5.73 Å². The molecule has 1 atom stereocenters. The zero-order chi connectivity index (χ0) is 29.8. The molecule has 0 saturated carbocycles. The van der Waals surface area contributed by atoms with Gasteiger partial charge in [-0.2, -0.15) is 11.8 Å². The number of carbonyl (C=O) groups is 1. The summed E-state index contributed by atoms with van der Waals surface area (Å²) in [5.41, 5.74) is 9.36. The summed E-state index contributed by atoms with van der Waals surface area (Å²) in [6.45, 7) is 11.0. The highest BCUT2D eigenvalue weighted by Crippen LogP contribution is 2.11. The quantitative estimate of drug-likeness (QED) is 0.337. The summed E-state index contributed by atoms with van der Waals surface area (Å²) in [6.07, 6.45) is -0.0239. The molecule has 2 aromatic rings. The third-order valence-electron chi connectivity index (χ3n) is 6.74. The van der Waals surface area contributed by atoms with E-state index in [1.165, 1.54) is 7.11 Å². The van der Waals surface area contributed by atoms with Crippen molar-refractivity contribution in [1.82, 2.24) is 14.8 Å². The Morgan fingerprint density at radius 1 is 0.952 bits per heavy atom. The Kier molecular flexibility index (Phi) is 17.0. The molecule has 0 aliphatic carbocycles. The van der Waals surface area contributed by atoms with Gasteiger partial charge in [0.25, 0.3) is 0 Å². The number of hydrogen-bond donors (Lipinski definition) is 1. The minimum atomic E-state index is -0.336. The van der Waals surface area contributed by atoms with E-state index in [0.29, 0.717) is 64.9 Å². The Bertz CT molecular complexity index is 1030. The predicted octanol–water partition coefficient (Wildman–Crippen LogP) is 2.62. The summed E-state index contributed by atoms with van der Waals surface area (Å²) >= 11 is 1.79. The van der Waals surface area contributed by atoms with Gasteiger partial charge in [0.2, 0.25) is 0 Å². The molecule has 1 aromatic carbocycles. The summed E-state index contributed by atoms with van der Waals surface area (Å²) in [5, 5.41) is 0. The van der Waals surface area contributed by atoms with Crippen LogP contribution in [0.1, 0.15) is 27.3 Å². The third kappa shape index (κ3) is 13.9. The number of rotatable bonds is 9. The molecule has 0 amide bonds. The fourth-order valence-corrected chi connectivity index (χ4v) is 5.33. The van der Waals surface area contributed by atoms with Crippen LogP contribution in [0.3, 0.4) is 0 Å². The van der Waals surface area contributed by atoms with Gasteiger partial charge in [-0.1, -0.05) is 18.2 Å². The van der Waals surface area contributed by atoms with Crippen LogP contribution < -0.4 is 5.73 Å². The summed E-state index contributed by atoms with van der Waals surface area (Å²) in [6, 6.07) is 13.7. The number of aromatic nitrogens is 1. The molecule has 234 valence electrons. The number of nitrogens with two attached hydrogens (primary N) is 1. The molecule has 1 aliphatic heterocycles. The second-order valence-electron chi connectivity index (χ2n) is 10.2. The first-order valence-corrected chi connectivity index (χ1v) is 15.9. The normalized spacial score (nSPS) is 19.5. The van der Waals surface area contributed by atoms with Gasteiger partial charge in [0, 0.05) is 63.0 Å². The SMILES string of the molecule is COC(=O)c1cccc(CN2CCOCCOCCN(Cc3cccc(C)n3)CCO[C@H](CSCCN)COCC2)c1. The molecule has 2 N–H and O–H groups in total. The lowest BCUT2D eigenvalue weighted by molar-refractivity contribution is -0.0237. The van der Waals surface area contributed by atoms with Crippen LogP contribution in [-0.4, -0.2) is 124 Å². The Labute approximate surface area is 255 Å². The number of methoxy groups -OCH3 is 1. The number of carbonyl (C=O) groups excluding carboxylic acids is 1. The number of pyridine rings is 1. The number of hydrogen-bond acceptors (Lipinski definition) is 11. The van der Waals surface area contributed by atoms with Crippen molar-refractivity contribution in [3.05, 3.63) is 65.0 Å². The number of thioether (sulfide) groups is 1. The maximum Gasteiger partial charge on any atom is 0.337 e. The topological polar surface area (TPSA) is 109 Å². The van der Waals surface area contributed by atoms with Gasteiger partial charge in [-0.25, -0.2) is 4.79 Å². The highest BCUT2D eigenvalue weighted by atomic mass is 32.2. The van der Waals surface area contributed by atoms with E-state index >= 15 is 0 Å². The lowest BCUT2D eigenvalue weighted by Crippen LogP contribution is -2.35. The molecular formula is C31H48N4O6S. The first-order valence-electron chi connectivity index (χ1n) is 14.7. The highest BCUT2D eigenvalue weighted by Gasteiger charge is 2.15. The predicted molar refractivity (Wildman–Crippen MR) is 166 cm³/mol. The van der Waals surface area contributed by atoms with E-state index < -0.39 is 0 Å². The van der Waals surface area contributed by atoms with Gasteiger partial charge in [0.1, 0.15) is 0 Å². The lowest BCUT2D eigenvalue weighted by Gasteiger charge is -2.25. The Morgan fingerprint density at radius 2 is 1.64 bits per heavy atom. The second kappa shape index (κ2) is 20.8. The first kappa shape index (κ1) is 34.4. The van der Waals surface area contributed by atoms with Gasteiger partial charge in [0.15, 0.2) is 0 Å². The third-order valence-corrected chi connectivity index (χ3v) is 7.88. The van der Waals surface area contributed by atoms with Crippen LogP contribution in [0.2, 0.25) is 0 Å². The Balaban J connectivity index is 1.59. The maximum atomic E-state index is 12.0. The van der Waals surface area contributed by atoms with Crippen molar-refractivity contribution in [2.45, 2.75) is 26.1 Å². The average Bonchev–Trinajstić information content (AvgIpc) is 2.99. The Morgan fingerprint density at radius 3 is 2.36 bits per heavy atom. The molecule has 42 heavy (non-hydrogen) atoms. The van der Waals surface area contributed by atoms with Crippen molar-refractivity contribution in [3.63, 3.8) is 0 Å². The molecule has 11 heteroatoms. The minimum absolute atomic E-state index is 0.0239. The summed E-state index contributed by atoms with van der Waals surface area (Å²) in [7, 11) is 1.40. The van der Waals surface area contributed by atoms with Crippen molar-refractivity contribution in [3.8, 4) is 0 Å². The second-order valence-corrected chi connectivity index (χ2v) is 11.3. The average molecular weight is 605 g/mol. The molecular weight excluding hydrogens is 556 g/mol. The van der Waals surface area contributed by atoms with E-state index in [1.54, 1.807) is 17.8 Å². The van der Waals surface area contributed by atoms with Crippen molar-refractivity contribution in [1.29, 1.82) is 0 Å². The molecule has 1 aromatic heterocycles. The number of esters is 1. The van der Waals surface area contributed by atoms with E-state index in [0.717, 1.165) is 61.2 Å². The zero-order valence-electron chi connectivity index (χ0n) is 25.2. The van der Waals surface area contributed by atoms with Crippen LogP contribution in [0.15, 0.2) is 42.5 Å². The molecule has 1 fully saturated rings. The van der Waals surface area contributed by atoms with Gasteiger partial charge >= 0.3 is 5.97 Å². The van der Waals surface area contributed by atoms with Crippen LogP contribution in [0.4, 0.5) is 0 Å². The van der Waals surface area contributed by atoms with Crippen LogP contribution in [0, 0.1) is 6.92 Å². The van der Waals surface area contributed by atoms with Crippen molar-refractivity contribution >= 4 is 17.7 Å². The van der Waals surface area contributed by atoms with Gasteiger partial charge in [0.05, 0.1) is 70.7 Å². The zero-order valence-corrected chi connectivity index (χ0v) is 26.0. The molecule has 1 aliphatic rings. The molecule has 0 radical (unpaired) electrons. The fourth-order valence-electron chi connectivity index (χ4n) is 4.54. The smallest absolute Gasteiger partial charge is 0.337 e. The number of ether oxygens (including phenoxy) is 5. The van der Waals surface area contributed by atoms with E-state index in [2.05, 4.69) is 20.9 Å². The summed E-state index contributed by atoms with van der Waals surface area (Å²) in [5.74, 6) is 1.38. The number of nitrogens with zero attached hydrogens (tertiary/aromatic N) is 3. The van der Waals surface area contributed by atoms with Crippen LogP contribution >= 0.6 is 11.8 Å². The van der Waals surface area contributed by atoms with E-state index in [1.807, 2.05) is 37.3 Å². The van der Waals surface area contributed by atoms with E-state index in [-0.39, 0.29) is 12.1 Å². The van der Waals surface area contributed by atoms with E-state index in [9.17, 15) is 4.79 Å². The molecule has 1 saturated heterocycles. The monoisotopic (exact) mass is 604 g/mol. The van der Waals surface area contributed by atoms with Crippen molar-refractivity contribution < 1.29 is 28.5 Å². The van der Waals surface area contributed by atoms with Crippen LogP contribution in [0.25, 0.3) is 0 Å². The van der Waals surface area contributed by atoms with Gasteiger partial charge in [-0.05, 0) is 36.8 Å². The van der Waals surface area contributed by atoms with Crippen LogP contribution in [-0.2, 0) is 36.8 Å². The van der Waals surface area contributed by atoms with Crippen molar-refractivity contribution in [2.75, 3.05) is 97.6 Å². The van der Waals surface area contributed by atoms with Gasteiger partial charge < -0.3 is 29.4 Å². The van der Waals surface area contributed by atoms with E-state index in [4.69, 9.17) is 29.4 Å². The first-order chi connectivity index (χ1) is 20.6. The molecule has 0 unspecified atom stereocenters. The number of benzene rings is 1. The molecule has 0 bridgehead atoms. The summed E-state index contributed by atoms with van der Waals surface area (Å²) < 4.78 is 29.1. The standard InChI is InChI=1S/C31H48N4O6S/c1-26-5-3-8-29(33-26)23-35-11-15-39-19-18-38-14-10-34(22-27-6-4-7-28(21-27)31(36)37-2)12-16-40-24-30(41-17-13-35)25-42-20-9-32/h3-8,21,30H,9-20,22-25,32H2,1-2H3/t30-/m0/s1. The summed E-state index contributed by atoms with van der Waals surface area (Å²) in [4.78, 5) is 21.3. The number of aryl methyl sites for hydroxylation is 1. The highest BCUT2D eigenvalue weighted by molar-refractivity contribution is 7.99. The molecule has 3 rings (SSSR count).